The Hall–Kier alpha value is -3.00. The average molecular weight is 395 g/mol. The van der Waals surface area contributed by atoms with E-state index in [-0.39, 0.29) is 5.82 Å². The Morgan fingerprint density at radius 1 is 1.07 bits per heavy atom. The van der Waals surface area contributed by atoms with Crippen LogP contribution in [0.5, 0.6) is 0 Å². The topological polar surface area (TPSA) is 69.6 Å². The summed E-state index contributed by atoms with van der Waals surface area (Å²) in [5.41, 5.74) is 2.93. The number of hydrogen-bond acceptors (Lipinski definition) is 6. The van der Waals surface area contributed by atoms with Crippen LogP contribution >= 0.6 is 11.8 Å². The molecule has 0 aliphatic carbocycles. The molecule has 2 aromatic carbocycles. The third-order valence-corrected chi connectivity index (χ3v) is 5.27. The van der Waals surface area contributed by atoms with Crippen LogP contribution in [0.1, 0.15) is 18.4 Å². The normalized spacial score (nSPS) is 11.1. The van der Waals surface area contributed by atoms with E-state index in [2.05, 4.69) is 44.8 Å². The van der Waals surface area contributed by atoms with Crippen molar-refractivity contribution in [2.45, 2.75) is 31.3 Å². The quantitative estimate of drug-likeness (QED) is 0.439. The highest BCUT2D eigenvalue weighted by atomic mass is 32.2. The summed E-state index contributed by atoms with van der Waals surface area (Å²) in [5, 5.41) is 13.5. The Morgan fingerprint density at radius 3 is 2.61 bits per heavy atom. The summed E-state index contributed by atoms with van der Waals surface area (Å²) < 4.78 is 20.4. The number of aromatic nitrogens is 5. The van der Waals surface area contributed by atoms with Crippen molar-refractivity contribution in [3.8, 4) is 22.8 Å². The van der Waals surface area contributed by atoms with E-state index in [1.54, 1.807) is 12.1 Å². The van der Waals surface area contributed by atoms with Gasteiger partial charge in [-0.1, -0.05) is 41.2 Å². The monoisotopic (exact) mass is 395 g/mol. The van der Waals surface area contributed by atoms with Crippen molar-refractivity contribution in [1.29, 1.82) is 0 Å². The molecule has 4 aromatic rings. The Balaban J connectivity index is 1.52. The van der Waals surface area contributed by atoms with E-state index in [1.165, 1.54) is 23.9 Å². The van der Waals surface area contributed by atoms with Crippen molar-refractivity contribution in [2.24, 2.45) is 0 Å². The minimum Gasteiger partial charge on any atom is -0.338 e. The lowest BCUT2D eigenvalue weighted by Gasteiger charge is -2.08. The minimum absolute atomic E-state index is 0.300. The van der Waals surface area contributed by atoms with Crippen molar-refractivity contribution in [2.75, 3.05) is 0 Å². The molecule has 142 valence electrons. The number of aryl methyl sites for hydroxylation is 1. The number of thioether (sulfide) groups is 1. The second-order valence-corrected chi connectivity index (χ2v) is 7.12. The van der Waals surface area contributed by atoms with Crippen molar-refractivity contribution in [3.05, 3.63) is 65.8 Å². The molecule has 2 aromatic heterocycles. The summed E-state index contributed by atoms with van der Waals surface area (Å²) in [5.74, 6) is 1.94. The smallest absolute Gasteiger partial charge is 0.237 e. The second-order valence-electron chi connectivity index (χ2n) is 6.17. The van der Waals surface area contributed by atoms with Crippen LogP contribution in [0.25, 0.3) is 22.8 Å². The van der Waals surface area contributed by atoms with Gasteiger partial charge >= 0.3 is 0 Å². The Kier molecular flexibility index (Phi) is 5.21. The van der Waals surface area contributed by atoms with Crippen LogP contribution in [0, 0.1) is 12.7 Å². The SMILES string of the molecule is CCn1c(SCc2nc(-c3ccc(F)cc3)no2)nnc1-c1ccccc1C. The number of halogens is 1. The van der Waals surface area contributed by atoms with E-state index in [4.69, 9.17) is 4.52 Å². The zero-order chi connectivity index (χ0) is 19.5. The van der Waals surface area contributed by atoms with E-state index >= 15 is 0 Å². The molecular formula is C20H18FN5OS. The van der Waals surface area contributed by atoms with Crippen LogP contribution < -0.4 is 0 Å². The van der Waals surface area contributed by atoms with Crippen molar-refractivity contribution in [3.63, 3.8) is 0 Å². The standard InChI is InChI=1S/C20H18FN5OS/c1-3-26-19(16-7-5-4-6-13(16)2)23-24-20(26)28-12-17-22-18(25-27-17)14-8-10-15(21)11-9-14/h4-11H,3,12H2,1-2H3. The lowest BCUT2D eigenvalue weighted by Crippen LogP contribution is -2.00. The van der Waals surface area contributed by atoms with Gasteiger partial charge in [-0.3, -0.25) is 0 Å². The Bertz CT molecular complexity index is 1090. The molecule has 0 spiro atoms. The summed E-state index contributed by atoms with van der Waals surface area (Å²) in [6.45, 7) is 4.88. The van der Waals surface area contributed by atoms with E-state index in [0.717, 1.165) is 28.7 Å². The molecule has 4 rings (SSSR count). The highest BCUT2D eigenvalue weighted by molar-refractivity contribution is 7.98. The van der Waals surface area contributed by atoms with Crippen LogP contribution in [-0.2, 0) is 12.3 Å². The Morgan fingerprint density at radius 2 is 1.86 bits per heavy atom. The van der Waals surface area contributed by atoms with Gasteiger partial charge < -0.3 is 9.09 Å². The van der Waals surface area contributed by atoms with Crippen molar-refractivity contribution < 1.29 is 8.91 Å². The zero-order valence-electron chi connectivity index (χ0n) is 15.5. The van der Waals surface area contributed by atoms with Crippen molar-refractivity contribution >= 4 is 11.8 Å². The van der Waals surface area contributed by atoms with Gasteiger partial charge in [0.2, 0.25) is 11.7 Å². The highest BCUT2D eigenvalue weighted by Gasteiger charge is 2.16. The molecule has 0 saturated carbocycles. The van der Waals surface area contributed by atoms with Gasteiger partial charge in [-0.2, -0.15) is 4.98 Å². The van der Waals surface area contributed by atoms with E-state index in [0.29, 0.717) is 23.0 Å². The molecule has 0 unspecified atom stereocenters. The maximum absolute atomic E-state index is 13.1. The molecule has 28 heavy (non-hydrogen) atoms. The summed E-state index contributed by atoms with van der Waals surface area (Å²) in [6, 6.07) is 14.1. The third-order valence-electron chi connectivity index (χ3n) is 4.31. The number of hydrogen-bond donors (Lipinski definition) is 0. The predicted octanol–water partition coefficient (Wildman–Crippen LogP) is 4.75. The molecule has 0 aliphatic heterocycles. The van der Waals surface area contributed by atoms with Gasteiger partial charge in [-0.15, -0.1) is 10.2 Å². The molecule has 0 amide bonds. The van der Waals surface area contributed by atoms with E-state index < -0.39 is 0 Å². The first-order valence-electron chi connectivity index (χ1n) is 8.86. The first kappa shape index (κ1) is 18.4. The van der Waals surface area contributed by atoms with E-state index in [9.17, 15) is 4.39 Å². The number of rotatable bonds is 6. The molecular weight excluding hydrogens is 377 g/mol. The lowest BCUT2D eigenvalue weighted by molar-refractivity contribution is 0.391. The first-order chi connectivity index (χ1) is 13.7. The summed E-state index contributed by atoms with van der Waals surface area (Å²) in [7, 11) is 0. The zero-order valence-corrected chi connectivity index (χ0v) is 16.3. The fraction of sp³-hybridized carbons (Fsp3) is 0.200. The van der Waals surface area contributed by atoms with Crippen LogP contribution in [0.2, 0.25) is 0 Å². The second kappa shape index (κ2) is 7.93. The Labute approximate surface area is 165 Å². The molecule has 0 bridgehead atoms. The number of benzene rings is 2. The van der Waals surface area contributed by atoms with Gasteiger partial charge in [0.25, 0.3) is 0 Å². The van der Waals surface area contributed by atoms with Crippen LogP contribution in [0.15, 0.2) is 58.2 Å². The van der Waals surface area contributed by atoms with E-state index in [1.807, 2.05) is 18.2 Å². The summed E-state index contributed by atoms with van der Waals surface area (Å²) >= 11 is 1.49. The summed E-state index contributed by atoms with van der Waals surface area (Å²) in [4.78, 5) is 4.38. The molecule has 8 heteroatoms. The highest BCUT2D eigenvalue weighted by Crippen LogP contribution is 2.28. The molecule has 6 nitrogen and oxygen atoms in total. The fourth-order valence-corrected chi connectivity index (χ4v) is 3.70. The maximum atomic E-state index is 13.1. The maximum Gasteiger partial charge on any atom is 0.237 e. The average Bonchev–Trinajstić information content (AvgIpc) is 3.34. The summed E-state index contributed by atoms with van der Waals surface area (Å²) in [6.07, 6.45) is 0. The molecule has 0 aliphatic rings. The van der Waals surface area contributed by atoms with Gasteiger partial charge in [0, 0.05) is 17.7 Å². The van der Waals surface area contributed by atoms with Gasteiger partial charge in [0.1, 0.15) is 5.82 Å². The molecule has 0 radical (unpaired) electrons. The van der Waals surface area contributed by atoms with Gasteiger partial charge in [-0.25, -0.2) is 4.39 Å². The molecule has 0 atom stereocenters. The molecule has 0 fully saturated rings. The van der Waals surface area contributed by atoms with Crippen LogP contribution in [0.3, 0.4) is 0 Å². The van der Waals surface area contributed by atoms with Gasteiger partial charge in [0.05, 0.1) is 5.75 Å². The largest absolute Gasteiger partial charge is 0.338 e. The van der Waals surface area contributed by atoms with Gasteiger partial charge in [0.15, 0.2) is 11.0 Å². The lowest BCUT2D eigenvalue weighted by atomic mass is 10.1. The molecule has 0 N–H and O–H groups in total. The fourth-order valence-electron chi connectivity index (χ4n) is 2.86. The predicted molar refractivity (Wildman–Crippen MR) is 105 cm³/mol. The molecule has 2 heterocycles. The number of nitrogens with zero attached hydrogens (tertiary/aromatic N) is 5. The van der Waals surface area contributed by atoms with Crippen LogP contribution in [0.4, 0.5) is 4.39 Å². The first-order valence-corrected chi connectivity index (χ1v) is 9.84. The third kappa shape index (κ3) is 3.68. The minimum atomic E-state index is -0.300. The van der Waals surface area contributed by atoms with Crippen LogP contribution in [-0.4, -0.2) is 24.9 Å². The van der Waals surface area contributed by atoms with Crippen molar-refractivity contribution in [1.82, 2.24) is 24.9 Å². The molecule has 0 saturated heterocycles. The van der Waals surface area contributed by atoms with Gasteiger partial charge in [-0.05, 0) is 43.7 Å².